The number of hydrogen-bond acceptors (Lipinski definition) is 5. The number of carbonyl (C=O) groups excluding carboxylic acids is 1. The zero-order valence-corrected chi connectivity index (χ0v) is 8.90. The predicted molar refractivity (Wildman–Crippen MR) is 59.7 cm³/mol. The van der Waals surface area contributed by atoms with Crippen LogP contribution in [0, 0.1) is 0 Å². The predicted octanol–water partition coefficient (Wildman–Crippen LogP) is 0.473. The Bertz CT molecular complexity index is 341. The van der Waals surface area contributed by atoms with E-state index in [0.717, 1.165) is 6.41 Å². The largest absolute Gasteiger partial charge is 0.382 e. The summed E-state index contributed by atoms with van der Waals surface area (Å²) in [6, 6.07) is 0. The second kappa shape index (κ2) is 5.14. The molecule has 0 saturated carbocycles. The Morgan fingerprint density at radius 2 is 2.27 bits per heavy atom. The third-order valence-corrected chi connectivity index (χ3v) is 1.95. The summed E-state index contributed by atoms with van der Waals surface area (Å²) in [7, 11) is 0. The molecule has 1 heterocycles. The van der Waals surface area contributed by atoms with Gasteiger partial charge in [-0.2, -0.15) is 0 Å². The van der Waals surface area contributed by atoms with Gasteiger partial charge in [-0.1, -0.05) is 0 Å². The van der Waals surface area contributed by atoms with Crippen molar-refractivity contribution in [3.8, 4) is 0 Å². The maximum Gasteiger partial charge on any atom is 0.214 e. The third kappa shape index (κ3) is 2.34. The molecule has 0 bridgehead atoms. The molecule has 3 N–H and O–H groups in total. The number of carbonyl (C=O) groups is 1. The molecule has 0 fully saturated rings. The zero-order valence-electron chi connectivity index (χ0n) is 8.90. The van der Waals surface area contributed by atoms with Crippen LogP contribution in [0.15, 0.2) is 6.33 Å². The molecular formula is C9H15N5O. The number of nitrogen functional groups attached to an aromatic ring is 1. The molecule has 0 spiro atoms. The smallest absolute Gasteiger partial charge is 0.214 e. The van der Waals surface area contributed by atoms with E-state index >= 15 is 0 Å². The summed E-state index contributed by atoms with van der Waals surface area (Å²) in [6.07, 6.45) is 2.09. The van der Waals surface area contributed by atoms with Crippen LogP contribution in [-0.4, -0.2) is 29.5 Å². The van der Waals surface area contributed by atoms with Crippen molar-refractivity contribution in [3.63, 3.8) is 0 Å². The van der Waals surface area contributed by atoms with Gasteiger partial charge in [0.2, 0.25) is 6.41 Å². The van der Waals surface area contributed by atoms with Gasteiger partial charge in [0.05, 0.1) is 0 Å². The van der Waals surface area contributed by atoms with E-state index in [-0.39, 0.29) is 0 Å². The van der Waals surface area contributed by atoms with E-state index in [1.807, 2.05) is 13.8 Å². The molecule has 1 aromatic rings. The number of aromatic nitrogens is 2. The first-order chi connectivity index (χ1) is 7.24. The molecule has 0 saturated heterocycles. The van der Waals surface area contributed by atoms with E-state index in [0.29, 0.717) is 30.4 Å². The van der Waals surface area contributed by atoms with E-state index in [4.69, 9.17) is 5.73 Å². The van der Waals surface area contributed by atoms with Gasteiger partial charge in [-0.25, -0.2) is 9.97 Å². The van der Waals surface area contributed by atoms with Gasteiger partial charge >= 0.3 is 0 Å². The molecule has 0 aliphatic heterocycles. The van der Waals surface area contributed by atoms with Gasteiger partial charge in [-0.3, -0.25) is 4.79 Å². The van der Waals surface area contributed by atoms with Crippen LogP contribution in [-0.2, 0) is 4.79 Å². The Kier molecular flexibility index (Phi) is 3.84. The fourth-order valence-corrected chi connectivity index (χ4v) is 1.26. The molecular weight excluding hydrogens is 194 g/mol. The number of nitrogens with one attached hydrogen (secondary N) is 1. The molecule has 0 atom stereocenters. The van der Waals surface area contributed by atoms with Crippen LogP contribution in [0.1, 0.15) is 13.8 Å². The molecule has 1 amide bonds. The molecule has 0 unspecified atom stereocenters. The van der Waals surface area contributed by atoms with Crippen LogP contribution >= 0.6 is 0 Å². The monoisotopic (exact) mass is 209 g/mol. The van der Waals surface area contributed by atoms with Gasteiger partial charge < -0.3 is 16.0 Å². The highest BCUT2D eigenvalue weighted by molar-refractivity contribution is 5.87. The molecule has 0 aliphatic rings. The first-order valence-corrected chi connectivity index (χ1v) is 4.80. The fraction of sp³-hybridized carbons (Fsp3) is 0.444. The van der Waals surface area contributed by atoms with Gasteiger partial charge in [-0.15, -0.1) is 0 Å². The summed E-state index contributed by atoms with van der Waals surface area (Å²) in [6.45, 7) is 5.04. The average molecular weight is 209 g/mol. The van der Waals surface area contributed by atoms with E-state index in [2.05, 4.69) is 15.3 Å². The zero-order chi connectivity index (χ0) is 11.3. The maximum absolute atomic E-state index is 10.8. The number of hydrogen-bond donors (Lipinski definition) is 2. The minimum absolute atomic E-state index is 0.301. The minimum Gasteiger partial charge on any atom is -0.382 e. The summed E-state index contributed by atoms with van der Waals surface area (Å²) in [5.41, 5.74) is 6.25. The molecule has 0 aromatic carbocycles. The molecule has 6 nitrogen and oxygen atoms in total. The van der Waals surface area contributed by atoms with Crippen LogP contribution in [0.2, 0.25) is 0 Å². The van der Waals surface area contributed by atoms with Gasteiger partial charge in [0, 0.05) is 13.1 Å². The van der Waals surface area contributed by atoms with E-state index in [9.17, 15) is 4.79 Å². The molecule has 15 heavy (non-hydrogen) atoms. The minimum atomic E-state index is 0.301. The van der Waals surface area contributed by atoms with Crippen molar-refractivity contribution in [1.29, 1.82) is 0 Å². The topological polar surface area (TPSA) is 84.1 Å². The summed E-state index contributed by atoms with van der Waals surface area (Å²) >= 11 is 0. The van der Waals surface area contributed by atoms with E-state index < -0.39 is 0 Å². The van der Waals surface area contributed by atoms with Crippen LogP contribution < -0.4 is 16.0 Å². The number of anilines is 3. The Hall–Kier alpha value is -1.85. The van der Waals surface area contributed by atoms with Gasteiger partial charge in [0.25, 0.3) is 0 Å². The highest BCUT2D eigenvalue weighted by atomic mass is 16.1. The quantitative estimate of drug-likeness (QED) is 0.689. The first-order valence-electron chi connectivity index (χ1n) is 4.80. The molecule has 1 rings (SSSR count). The van der Waals surface area contributed by atoms with Crippen molar-refractivity contribution in [2.75, 3.05) is 29.0 Å². The van der Waals surface area contributed by atoms with Crippen molar-refractivity contribution < 1.29 is 4.79 Å². The lowest BCUT2D eigenvalue weighted by molar-refractivity contribution is -0.107. The van der Waals surface area contributed by atoms with Crippen LogP contribution in [0.3, 0.4) is 0 Å². The van der Waals surface area contributed by atoms with Crippen LogP contribution in [0.25, 0.3) is 0 Å². The Morgan fingerprint density at radius 1 is 1.53 bits per heavy atom. The van der Waals surface area contributed by atoms with Gasteiger partial charge in [0.15, 0.2) is 11.6 Å². The van der Waals surface area contributed by atoms with E-state index in [1.165, 1.54) is 11.2 Å². The highest BCUT2D eigenvalue weighted by Crippen LogP contribution is 2.27. The Labute approximate surface area is 88.5 Å². The SMILES string of the molecule is CCNc1ncnc(N)c1N(C=O)CC. The second-order valence-corrected chi connectivity index (χ2v) is 2.88. The standard InChI is InChI=1S/C9H15N5O/c1-3-11-9-7(14(4-2)6-15)8(10)12-5-13-9/h5-6H,3-4H2,1-2H3,(H3,10,11,12,13). The number of nitrogens with two attached hydrogens (primary N) is 1. The lowest BCUT2D eigenvalue weighted by atomic mass is 10.3. The Balaban J connectivity index is 3.16. The molecule has 6 heteroatoms. The lowest BCUT2D eigenvalue weighted by Crippen LogP contribution is -2.24. The van der Waals surface area contributed by atoms with Crippen molar-refractivity contribution in [3.05, 3.63) is 6.33 Å². The molecule has 0 radical (unpaired) electrons. The summed E-state index contributed by atoms with van der Waals surface area (Å²) < 4.78 is 0. The van der Waals surface area contributed by atoms with Gasteiger partial charge in [-0.05, 0) is 13.8 Å². The van der Waals surface area contributed by atoms with Crippen molar-refractivity contribution in [1.82, 2.24) is 9.97 Å². The number of amides is 1. The second-order valence-electron chi connectivity index (χ2n) is 2.88. The molecule has 1 aromatic heterocycles. The first kappa shape index (κ1) is 11.2. The third-order valence-electron chi connectivity index (χ3n) is 1.95. The highest BCUT2D eigenvalue weighted by Gasteiger charge is 2.14. The fourth-order valence-electron chi connectivity index (χ4n) is 1.26. The van der Waals surface area contributed by atoms with Gasteiger partial charge in [0.1, 0.15) is 12.0 Å². The molecule has 82 valence electrons. The number of rotatable bonds is 5. The molecule has 0 aliphatic carbocycles. The van der Waals surface area contributed by atoms with Crippen LogP contribution in [0.5, 0.6) is 0 Å². The summed E-state index contributed by atoms with van der Waals surface area (Å²) in [5, 5.41) is 3.03. The lowest BCUT2D eigenvalue weighted by Gasteiger charge is -2.19. The van der Waals surface area contributed by atoms with Crippen molar-refractivity contribution >= 4 is 23.7 Å². The number of nitrogens with zero attached hydrogens (tertiary/aromatic N) is 3. The van der Waals surface area contributed by atoms with Crippen molar-refractivity contribution in [2.24, 2.45) is 0 Å². The van der Waals surface area contributed by atoms with E-state index in [1.54, 1.807) is 0 Å². The maximum atomic E-state index is 10.8. The van der Waals surface area contributed by atoms with Crippen LogP contribution in [0.4, 0.5) is 17.3 Å². The Morgan fingerprint density at radius 3 is 2.80 bits per heavy atom. The summed E-state index contributed by atoms with van der Waals surface area (Å²) in [4.78, 5) is 20.2. The van der Waals surface area contributed by atoms with Crippen molar-refractivity contribution in [2.45, 2.75) is 13.8 Å². The normalized spacial score (nSPS) is 9.73. The average Bonchev–Trinajstić information content (AvgIpc) is 2.24. The summed E-state index contributed by atoms with van der Waals surface area (Å²) in [5.74, 6) is 0.883.